The van der Waals surface area contributed by atoms with E-state index in [-0.39, 0.29) is 16.0 Å². The van der Waals surface area contributed by atoms with E-state index in [1.165, 1.54) is 6.07 Å². The van der Waals surface area contributed by atoms with E-state index in [0.717, 1.165) is 15.1 Å². The summed E-state index contributed by atoms with van der Waals surface area (Å²) in [4.78, 5) is 0. The van der Waals surface area contributed by atoms with Crippen molar-refractivity contribution in [3.05, 3.63) is 27.7 Å². The summed E-state index contributed by atoms with van der Waals surface area (Å²) in [5.74, 6) is 0.311. The third-order valence-electron chi connectivity index (χ3n) is 2.17. The molecule has 0 fully saturated rings. The second-order valence-electron chi connectivity index (χ2n) is 3.93. The molecule has 2 aromatic heterocycles. The first-order valence-electron chi connectivity index (χ1n) is 5.13. The zero-order valence-electron chi connectivity index (χ0n) is 9.68. The Morgan fingerprint density at radius 2 is 2.17 bits per heavy atom. The predicted molar refractivity (Wildman–Crippen MR) is 73.4 cm³/mol. The van der Waals surface area contributed by atoms with Crippen LogP contribution in [-0.4, -0.2) is 13.6 Å². The van der Waals surface area contributed by atoms with Gasteiger partial charge in [-0.2, -0.15) is 0 Å². The van der Waals surface area contributed by atoms with E-state index in [2.05, 4.69) is 25.8 Å². The maximum atomic E-state index is 12.0. The SMILES string of the molecule is CC(C)c1cc(NS(=O)(=O)c2ccc(Br)s2)on1. The molecule has 0 aliphatic heterocycles. The van der Waals surface area contributed by atoms with E-state index in [1.807, 2.05) is 13.8 Å². The van der Waals surface area contributed by atoms with Crippen LogP contribution in [-0.2, 0) is 10.0 Å². The lowest BCUT2D eigenvalue weighted by Crippen LogP contribution is -2.10. The minimum Gasteiger partial charge on any atom is -0.338 e. The first-order valence-corrected chi connectivity index (χ1v) is 8.22. The van der Waals surface area contributed by atoms with E-state index in [1.54, 1.807) is 12.1 Å². The van der Waals surface area contributed by atoms with Gasteiger partial charge in [-0.25, -0.2) is 13.1 Å². The molecule has 2 aromatic rings. The summed E-state index contributed by atoms with van der Waals surface area (Å²) >= 11 is 4.35. The van der Waals surface area contributed by atoms with Crippen LogP contribution in [0.2, 0.25) is 0 Å². The third kappa shape index (κ3) is 2.93. The molecule has 98 valence electrons. The molecule has 18 heavy (non-hydrogen) atoms. The van der Waals surface area contributed by atoms with Crippen LogP contribution in [0.1, 0.15) is 25.5 Å². The molecule has 0 amide bonds. The number of anilines is 1. The van der Waals surface area contributed by atoms with Gasteiger partial charge in [-0.1, -0.05) is 19.0 Å². The lowest BCUT2D eigenvalue weighted by molar-refractivity contribution is 0.423. The summed E-state index contributed by atoms with van der Waals surface area (Å²) in [5, 5.41) is 3.79. The maximum absolute atomic E-state index is 12.0. The van der Waals surface area contributed by atoms with Gasteiger partial charge in [-0.05, 0) is 34.0 Å². The quantitative estimate of drug-likeness (QED) is 0.916. The highest BCUT2D eigenvalue weighted by atomic mass is 79.9. The highest BCUT2D eigenvalue weighted by Crippen LogP contribution is 2.28. The molecule has 0 aliphatic rings. The molecule has 0 aromatic carbocycles. The number of hydrogen-bond donors (Lipinski definition) is 1. The van der Waals surface area contributed by atoms with E-state index < -0.39 is 10.0 Å². The summed E-state index contributed by atoms with van der Waals surface area (Å²) in [7, 11) is -3.60. The zero-order valence-corrected chi connectivity index (χ0v) is 12.9. The largest absolute Gasteiger partial charge is 0.338 e. The van der Waals surface area contributed by atoms with Crippen LogP contribution in [0.15, 0.2) is 30.7 Å². The Bertz CT molecular complexity index is 646. The molecule has 0 unspecified atom stereocenters. The number of sulfonamides is 1. The van der Waals surface area contributed by atoms with Gasteiger partial charge in [0.2, 0.25) is 5.88 Å². The zero-order chi connectivity index (χ0) is 13.3. The molecule has 0 aliphatic carbocycles. The van der Waals surface area contributed by atoms with Crippen molar-refractivity contribution >= 4 is 43.2 Å². The van der Waals surface area contributed by atoms with Gasteiger partial charge in [0.15, 0.2) is 0 Å². The summed E-state index contributed by atoms with van der Waals surface area (Å²) in [6.07, 6.45) is 0. The van der Waals surface area contributed by atoms with Crippen molar-refractivity contribution in [3.8, 4) is 0 Å². The maximum Gasteiger partial charge on any atom is 0.273 e. The molecule has 0 atom stereocenters. The van der Waals surface area contributed by atoms with Gasteiger partial charge < -0.3 is 4.52 Å². The van der Waals surface area contributed by atoms with Crippen molar-refractivity contribution in [2.24, 2.45) is 0 Å². The topological polar surface area (TPSA) is 72.2 Å². The molecular weight excluding hydrogens is 340 g/mol. The fraction of sp³-hybridized carbons (Fsp3) is 0.300. The summed E-state index contributed by atoms with van der Waals surface area (Å²) in [6.45, 7) is 3.90. The summed E-state index contributed by atoms with van der Waals surface area (Å²) in [6, 6.07) is 4.79. The number of hydrogen-bond acceptors (Lipinski definition) is 5. The van der Waals surface area contributed by atoms with Gasteiger partial charge in [-0.15, -0.1) is 11.3 Å². The highest BCUT2D eigenvalue weighted by Gasteiger charge is 2.19. The van der Waals surface area contributed by atoms with Crippen LogP contribution in [0.3, 0.4) is 0 Å². The van der Waals surface area contributed by atoms with Crippen LogP contribution < -0.4 is 4.72 Å². The molecule has 0 spiro atoms. The van der Waals surface area contributed by atoms with E-state index in [0.29, 0.717) is 5.69 Å². The Morgan fingerprint density at radius 3 is 2.67 bits per heavy atom. The van der Waals surface area contributed by atoms with Crippen LogP contribution in [0.5, 0.6) is 0 Å². The second-order valence-corrected chi connectivity index (χ2v) is 8.31. The minimum atomic E-state index is -3.60. The molecule has 2 rings (SSSR count). The Labute approximate surface area is 117 Å². The van der Waals surface area contributed by atoms with Crippen LogP contribution in [0, 0.1) is 0 Å². The number of nitrogens with one attached hydrogen (secondary N) is 1. The standard InChI is InChI=1S/C10H11BrN2O3S2/c1-6(2)7-5-9(16-12-7)13-18(14,15)10-4-3-8(11)17-10/h3-6,13H,1-2H3. The van der Waals surface area contributed by atoms with Gasteiger partial charge >= 0.3 is 0 Å². The molecule has 2 heterocycles. The smallest absolute Gasteiger partial charge is 0.273 e. The van der Waals surface area contributed by atoms with Crippen LogP contribution >= 0.6 is 27.3 Å². The van der Waals surface area contributed by atoms with E-state index in [9.17, 15) is 8.42 Å². The monoisotopic (exact) mass is 350 g/mol. The normalized spacial score (nSPS) is 12.0. The Kier molecular flexibility index (Phi) is 3.79. The lowest BCUT2D eigenvalue weighted by Gasteiger charge is -2.00. The molecule has 8 heteroatoms. The number of thiophene rings is 1. The van der Waals surface area contributed by atoms with Crippen LogP contribution in [0.4, 0.5) is 5.88 Å². The van der Waals surface area contributed by atoms with Gasteiger partial charge in [0.05, 0.1) is 9.48 Å². The molecule has 5 nitrogen and oxygen atoms in total. The fourth-order valence-electron chi connectivity index (χ4n) is 1.23. The van der Waals surface area contributed by atoms with Gasteiger partial charge in [-0.3, -0.25) is 0 Å². The molecule has 0 radical (unpaired) electrons. The molecule has 0 saturated carbocycles. The Balaban J connectivity index is 2.22. The van der Waals surface area contributed by atoms with Crippen molar-refractivity contribution < 1.29 is 12.9 Å². The van der Waals surface area contributed by atoms with Gasteiger partial charge in [0, 0.05) is 6.07 Å². The van der Waals surface area contributed by atoms with Crippen molar-refractivity contribution in [2.75, 3.05) is 4.72 Å². The molecule has 0 bridgehead atoms. The third-order valence-corrected chi connectivity index (χ3v) is 5.63. The number of rotatable bonds is 4. The van der Waals surface area contributed by atoms with Crippen LogP contribution in [0.25, 0.3) is 0 Å². The average molecular weight is 351 g/mol. The highest BCUT2D eigenvalue weighted by molar-refractivity contribution is 9.11. The fourth-order valence-corrected chi connectivity index (χ4v) is 4.22. The average Bonchev–Trinajstić information content (AvgIpc) is 2.86. The molecular formula is C10H11BrN2O3S2. The predicted octanol–water partition coefficient (Wildman–Crippen LogP) is 3.42. The second kappa shape index (κ2) is 5.02. The summed E-state index contributed by atoms with van der Waals surface area (Å²) < 4.78 is 32.2. The van der Waals surface area contributed by atoms with E-state index in [4.69, 9.17) is 4.52 Å². The number of aromatic nitrogens is 1. The lowest BCUT2D eigenvalue weighted by atomic mass is 10.1. The van der Waals surface area contributed by atoms with Crippen molar-refractivity contribution in [3.63, 3.8) is 0 Å². The first-order chi connectivity index (χ1) is 8.38. The van der Waals surface area contributed by atoms with Crippen molar-refractivity contribution in [1.82, 2.24) is 5.16 Å². The van der Waals surface area contributed by atoms with Gasteiger partial charge in [0.1, 0.15) is 4.21 Å². The van der Waals surface area contributed by atoms with Crippen molar-refractivity contribution in [1.29, 1.82) is 0 Å². The number of halogens is 1. The Morgan fingerprint density at radius 1 is 1.44 bits per heavy atom. The Hall–Kier alpha value is -0.860. The molecule has 1 N–H and O–H groups in total. The summed E-state index contributed by atoms with van der Waals surface area (Å²) in [5.41, 5.74) is 0.708. The van der Waals surface area contributed by atoms with Crippen molar-refractivity contribution in [2.45, 2.75) is 24.0 Å². The first kappa shape index (κ1) is 13.6. The van der Waals surface area contributed by atoms with E-state index >= 15 is 0 Å². The van der Waals surface area contributed by atoms with Gasteiger partial charge in [0.25, 0.3) is 10.0 Å². The number of nitrogens with zero attached hydrogens (tertiary/aromatic N) is 1. The molecule has 0 saturated heterocycles. The minimum absolute atomic E-state index is 0.128.